The summed E-state index contributed by atoms with van der Waals surface area (Å²) in [6, 6.07) is 0. The van der Waals surface area contributed by atoms with Crippen LogP contribution in [0.25, 0.3) is 0 Å². The molecule has 0 saturated carbocycles. The number of carbonyl (C=O) groups excluding carboxylic acids is 5. The smallest absolute Gasteiger partial charge is 0.303 e. The molecule has 0 radical (unpaired) electrons. The average molecular weight is 516 g/mol. The Hall–Kier alpha value is -3.03. The average Bonchev–Trinajstić information content (AvgIpc) is 2.79. The highest BCUT2D eigenvalue weighted by atomic mass is 16.7. The summed E-state index contributed by atoms with van der Waals surface area (Å²) in [7, 11) is 4.06. The third-order valence-corrected chi connectivity index (χ3v) is 5.81. The molecule has 2 rings (SSSR count). The minimum Gasteiger partial charge on any atom is -0.495 e. The quantitative estimate of drug-likeness (QED) is 0.233. The fourth-order valence-corrected chi connectivity index (χ4v) is 4.37. The van der Waals surface area contributed by atoms with Gasteiger partial charge in [-0.15, -0.1) is 0 Å². The largest absolute Gasteiger partial charge is 0.495 e. The van der Waals surface area contributed by atoms with Crippen LogP contribution in [0.5, 0.6) is 0 Å². The fourth-order valence-electron chi connectivity index (χ4n) is 4.37. The number of ether oxygens (including phenoxy) is 8. The molecule has 1 saturated heterocycles. The lowest BCUT2D eigenvalue weighted by molar-refractivity contribution is -0.269. The maximum Gasteiger partial charge on any atom is 0.303 e. The van der Waals surface area contributed by atoms with Crippen LogP contribution in [0.15, 0.2) is 11.8 Å². The van der Waals surface area contributed by atoms with Gasteiger partial charge in [0.15, 0.2) is 29.9 Å². The van der Waals surface area contributed by atoms with Crippen molar-refractivity contribution >= 4 is 29.7 Å². The van der Waals surface area contributed by atoms with E-state index >= 15 is 0 Å². The molecule has 0 unspecified atom stereocenters. The molecule has 1 heterocycles. The predicted molar refractivity (Wildman–Crippen MR) is 117 cm³/mol. The molecule has 0 bridgehead atoms. The summed E-state index contributed by atoms with van der Waals surface area (Å²) in [6.07, 6.45) is -5.50. The highest BCUT2D eigenvalue weighted by Gasteiger charge is 2.58. The minimum atomic E-state index is -1.48. The number of methoxy groups -OCH3 is 3. The van der Waals surface area contributed by atoms with Gasteiger partial charge in [-0.3, -0.25) is 24.0 Å². The molecular formula is C23H32O13. The highest BCUT2D eigenvalue weighted by Crippen LogP contribution is 2.41. The summed E-state index contributed by atoms with van der Waals surface area (Å²) >= 11 is 0. The Morgan fingerprint density at radius 1 is 0.861 bits per heavy atom. The molecule has 1 aliphatic carbocycles. The zero-order chi connectivity index (χ0) is 27.2. The van der Waals surface area contributed by atoms with Crippen molar-refractivity contribution in [3.05, 3.63) is 11.8 Å². The lowest BCUT2D eigenvalue weighted by Crippen LogP contribution is -2.65. The molecule has 1 fully saturated rings. The van der Waals surface area contributed by atoms with E-state index in [0.717, 1.165) is 20.8 Å². The lowest BCUT2D eigenvalue weighted by Gasteiger charge is -2.48. The normalized spacial score (nSPS) is 29.4. The molecule has 0 amide bonds. The summed E-state index contributed by atoms with van der Waals surface area (Å²) in [4.78, 5) is 60.7. The molecular weight excluding hydrogens is 484 g/mol. The Labute approximate surface area is 208 Å². The molecule has 2 aliphatic rings. The fraction of sp³-hybridized carbons (Fsp3) is 0.696. The molecule has 1 aliphatic heterocycles. The molecule has 0 spiro atoms. The van der Waals surface area contributed by atoms with Gasteiger partial charge >= 0.3 is 23.9 Å². The van der Waals surface area contributed by atoms with Crippen molar-refractivity contribution in [2.24, 2.45) is 5.92 Å². The summed E-state index contributed by atoms with van der Waals surface area (Å²) < 4.78 is 43.8. The van der Waals surface area contributed by atoms with Crippen LogP contribution in [0.1, 0.15) is 34.1 Å². The zero-order valence-electron chi connectivity index (χ0n) is 21.3. The molecule has 36 heavy (non-hydrogen) atoms. The first-order chi connectivity index (χ1) is 16.9. The van der Waals surface area contributed by atoms with E-state index in [4.69, 9.17) is 37.9 Å². The maximum absolute atomic E-state index is 13.2. The number of allylic oxidation sites excluding steroid dienone is 1. The first kappa shape index (κ1) is 29.2. The van der Waals surface area contributed by atoms with E-state index in [9.17, 15) is 24.0 Å². The molecule has 0 aromatic rings. The van der Waals surface area contributed by atoms with Crippen LogP contribution in [0.4, 0.5) is 0 Å². The van der Waals surface area contributed by atoms with E-state index in [1.165, 1.54) is 34.3 Å². The summed E-state index contributed by atoms with van der Waals surface area (Å²) in [5.74, 6) is -5.87. The van der Waals surface area contributed by atoms with Gasteiger partial charge in [0.2, 0.25) is 5.79 Å². The Morgan fingerprint density at radius 3 is 1.86 bits per heavy atom. The van der Waals surface area contributed by atoms with Gasteiger partial charge in [-0.2, -0.15) is 0 Å². The van der Waals surface area contributed by atoms with Crippen LogP contribution in [0.3, 0.4) is 0 Å². The number of rotatable bonds is 9. The van der Waals surface area contributed by atoms with Crippen LogP contribution < -0.4 is 0 Å². The van der Waals surface area contributed by atoms with Gasteiger partial charge in [0.1, 0.15) is 18.8 Å². The second kappa shape index (κ2) is 12.3. The van der Waals surface area contributed by atoms with Crippen molar-refractivity contribution in [1.29, 1.82) is 0 Å². The molecule has 13 nitrogen and oxygen atoms in total. The van der Waals surface area contributed by atoms with Gasteiger partial charge in [0.25, 0.3) is 0 Å². The zero-order valence-corrected chi connectivity index (χ0v) is 21.3. The number of carbonyl (C=O) groups is 5. The second-order valence-corrected chi connectivity index (χ2v) is 8.25. The van der Waals surface area contributed by atoms with E-state index in [1.54, 1.807) is 0 Å². The SMILES string of the molecule is COC1=CC(=O)[C@H]([C@@H]2O[C@H](COC(C)=O)[C@@H](OC(C)=O)[C@H](OC(C)=O)[C@H]2OC(C)=O)CC1(OC)OC. The first-order valence-corrected chi connectivity index (χ1v) is 11.1. The third-order valence-electron chi connectivity index (χ3n) is 5.81. The second-order valence-electron chi connectivity index (χ2n) is 8.25. The Kier molecular flexibility index (Phi) is 9.96. The van der Waals surface area contributed by atoms with E-state index in [0.29, 0.717) is 0 Å². The number of ketones is 1. The molecule has 13 heteroatoms. The monoisotopic (exact) mass is 516 g/mol. The Balaban J connectivity index is 2.62. The van der Waals surface area contributed by atoms with E-state index in [1.807, 2.05) is 0 Å². The molecule has 0 aromatic carbocycles. The highest BCUT2D eigenvalue weighted by molar-refractivity contribution is 5.94. The Bertz CT molecular complexity index is 890. The van der Waals surface area contributed by atoms with E-state index < -0.39 is 78.5 Å². The van der Waals surface area contributed by atoms with Gasteiger partial charge < -0.3 is 37.9 Å². The first-order valence-electron chi connectivity index (χ1n) is 11.1. The molecule has 0 aromatic heterocycles. The van der Waals surface area contributed by atoms with Crippen LogP contribution >= 0.6 is 0 Å². The maximum atomic E-state index is 13.2. The molecule has 0 N–H and O–H groups in total. The lowest BCUT2D eigenvalue weighted by atomic mass is 9.78. The van der Waals surface area contributed by atoms with E-state index in [2.05, 4.69) is 0 Å². The van der Waals surface area contributed by atoms with Gasteiger partial charge in [-0.25, -0.2) is 0 Å². The van der Waals surface area contributed by atoms with Crippen molar-refractivity contribution < 1.29 is 61.9 Å². The third kappa shape index (κ3) is 6.59. The summed E-state index contributed by atoms with van der Waals surface area (Å²) in [6.45, 7) is 4.11. The van der Waals surface area contributed by atoms with Crippen LogP contribution in [0.2, 0.25) is 0 Å². The number of esters is 4. The molecule has 202 valence electrons. The van der Waals surface area contributed by atoms with Gasteiger partial charge in [0.05, 0.1) is 13.0 Å². The van der Waals surface area contributed by atoms with Gasteiger partial charge in [0, 0.05) is 54.4 Å². The van der Waals surface area contributed by atoms with Crippen molar-refractivity contribution in [2.45, 2.75) is 70.4 Å². The van der Waals surface area contributed by atoms with Gasteiger partial charge in [-0.05, 0) is 0 Å². The van der Waals surface area contributed by atoms with E-state index in [-0.39, 0.29) is 12.2 Å². The van der Waals surface area contributed by atoms with Crippen LogP contribution in [-0.4, -0.2) is 93.9 Å². The number of hydrogen-bond donors (Lipinski definition) is 0. The standard InChI is InChI=1S/C23H32O13/c1-11(24)32-10-17-20(33-12(2)25)22(35-14(4)27)21(34-13(3)26)19(36-17)15-9-23(30-6,31-7)18(29-5)8-16(15)28/h8,15,17,19-22H,9-10H2,1-7H3/t15-,17-,19+,20-,21+,22+/m1/s1. The van der Waals surface area contributed by atoms with Crippen LogP contribution in [0, 0.1) is 5.92 Å². The Morgan fingerprint density at radius 2 is 1.39 bits per heavy atom. The van der Waals surface area contributed by atoms with Crippen molar-refractivity contribution in [3.8, 4) is 0 Å². The molecule has 6 atom stereocenters. The van der Waals surface area contributed by atoms with Crippen molar-refractivity contribution in [1.82, 2.24) is 0 Å². The van der Waals surface area contributed by atoms with Crippen molar-refractivity contribution in [3.63, 3.8) is 0 Å². The topological polar surface area (TPSA) is 159 Å². The number of hydrogen-bond acceptors (Lipinski definition) is 13. The minimum absolute atomic E-state index is 0.111. The predicted octanol–water partition coefficient (Wildman–Crippen LogP) is 0.220. The van der Waals surface area contributed by atoms with Gasteiger partial charge in [-0.1, -0.05) is 0 Å². The summed E-state index contributed by atoms with van der Waals surface area (Å²) in [5.41, 5.74) is 0. The van der Waals surface area contributed by atoms with Crippen LogP contribution in [-0.2, 0) is 61.9 Å². The van der Waals surface area contributed by atoms with Crippen molar-refractivity contribution in [2.75, 3.05) is 27.9 Å². The summed E-state index contributed by atoms with van der Waals surface area (Å²) in [5, 5.41) is 0.